The van der Waals surface area contributed by atoms with Crippen molar-refractivity contribution >= 4 is 34.7 Å². The van der Waals surface area contributed by atoms with Crippen molar-refractivity contribution in [2.45, 2.75) is 83.2 Å². The second-order valence-corrected chi connectivity index (χ2v) is 9.19. The second kappa shape index (κ2) is 11.3. The second-order valence-electron chi connectivity index (χ2n) is 9.19. The average molecular weight is 468 g/mol. The first-order chi connectivity index (χ1) is 16.5. The predicted molar refractivity (Wildman–Crippen MR) is 132 cm³/mol. The average Bonchev–Trinajstić information content (AvgIpc) is 3.18. The number of benzene rings is 1. The van der Waals surface area contributed by atoms with E-state index in [0.29, 0.717) is 29.7 Å². The van der Waals surface area contributed by atoms with Crippen LogP contribution in [0.5, 0.6) is 0 Å². The summed E-state index contributed by atoms with van der Waals surface area (Å²) in [6.45, 7) is 1.31. The van der Waals surface area contributed by atoms with Crippen LogP contribution in [0.3, 0.4) is 0 Å². The minimum absolute atomic E-state index is 0.287. The first-order valence-corrected chi connectivity index (χ1v) is 12.3. The van der Waals surface area contributed by atoms with E-state index in [0.717, 1.165) is 24.0 Å². The third kappa shape index (κ3) is 6.01. The zero-order valence-corrected chi connectivity index (χ0v) is 19.8. The normalized spacial score (nSPS) is 17.1. The molecule has 0 saturated heterocycles. The SMILES string of the molecule is CC(N)=O.Fc1ccccc1Nc1nc2cnc(NC3CCCCC3)nc2n1C1CCCCC1. The van der Waals surface area contributed by atoms with Crippen LogP contribution < -0.4 is 16.4 Å². The summed E-state index contributed by atoms with van der Waals surface area (Å²) in [5.74, 6) is 0.695. The maximum Gasteiger partial charge on any atom is 0.224 e. The molecule has 9 heteroatoms. The van der Waals surface area contributed by atoms with Crippen LogP contribution in [-0.2, 0) is 4.79 Å². The number of hydrogen-bond acceptors (Lipinski definition) is 6. The molecular formula is C25H34FN7O. The predicted octanol–water partition coefficient (Wildman–Crippen LogP) is 5.45. The number of aromatic nitrogens is 4. The summed E-state index contributed by atoms with van der Waals surface area (Å²) in [5, 5.41) is 6.74. The van der Waals surface area contributed by atoms with Crippen molar-refractivity contribution in [3.8, 4) is 0 Å². The maximum absolute atomic E-state index is 14.3. The number of fused-ring (bicyclic) bond motifs is 1. The molecule has 8 nitrogen and oxygen atoms in total. The minimum Gasteiger partial charge on any atom is -0.370 e. The number of rotatable bonds is 5. The molecule has 2 heterocycles. The van der Waals surface area contributed by atoms with E-state index in [1.165, 1.54) is 64.4 Å². The zero-order valence-electron chi connectivity index (χ0n) is 19.8. The van der Waals surface area contributed by atoms with Crippen LogP contribution in [-0.4, -0.2) is 31.5 Å². The standard InChI is InChI=1S/C23H29FN6.C2H5NO/c24-18-13-7-8-14-19(18)27-23-28-20-15-25-22(26-16-9-3-1-4-10-16)29-21(20)30(23)17-11-5-2-6-12-17;1-2(3)4/h7-8,13-17H,1-6,9-12H2,(H,27,28)(H,25,26,29);1H3,(H2,3,4). The highest BCUT2D eigenvalue weighted by molar-refractivity contribution is 5.76. The number of imidazole rings is 1. The molecule has 4 N–H and O–H groups in total. The van der Waals surface area contributed by atoms with Crippen molar-refractivity contribution in [1.29, 1.82) is 0 Å². The van der Waals surface area contributed by atoms with Crippen molar-refractivity contribution in [3.63, 3.8) is 0 Å². The van der Waals surface area contributed by atoms with Gasteiger partial charge in [-0.05, 0) is 37.8 Å². The van der Waals surface area contributed by atoms with Gasteiger partial charge in [0, 0.05) is 19.0 Å². The lowest BCUT2D eigenvalue weighted by molar-refractivity contribution is -0.115. The Morgan fingerprint density at radius 3 is 2.35 bits per heavy atom. The van der Waals surface area contributed by atoms with E-state index in [9.17, 15) is 9.18 Å². The number of primary amides is 1. The molecule has 2 fully saturated rings. The van der Waals surface area contributed by atoms with Gasteiger partial charge in [0.2, 0.25) is 17.8 Å². The summed E-state index contributed by atoms with van der Waals surface area (Å²) >= 11 is 0. The Morgan fingerprint density at radius 2 is 1.68 bits per heavy atom. The third-order valence-corrected chi connectivity index (χ3v) is 6.43. The largest absolute Gasteiger partial charge is 0.370 e. The highest BCUT2D eigenvalue weighted by atomic mass is 19.1. The van der Waals surface area contributed by atoms with E-state index in [4.69, 9.17) is 9.97 Å². The van der Waals surface area contributed by atoms with Crippen LogP contribution in [0, 0.1) is 5.82 Å². The molecule has 182 valence electrons. The van der Waals surface area contributed by atoms with Gasteiger partial charge in [-0.2, -0.15) is 4.98 Å². The molecule has 2 aliphatic carbocycles. The number of nitrogens with two attached hydrogens (primary N) is 1. The van der Waals surface area contributed by atoms with E-state index in [1.807, 2.05) is 6.07 Å². The van der Waals surface area contributed by atoms with Crippen LogP contribution >= 0.6 is 0 Å². The highest BCUT2D eigenvalue weighted by Crippen LogP contribution is 2.35. The Morgan fingerprint density at radius 1 is 1.03 bits per heavy atom. The van der Waals surface area contributed by atoms with E-state index in [1.54, 1.807) is 18.3 Å². The summed E-state index contributed by atoms with van der Waals surface area (Å²) in [7, 11) is 0. The van der Waals surface area contributed by atoms with E-state index < -0.39 is 0 Å². The Bertz CT molecular complexity index is 1100. The Hall–Kier alpha value is -3.23. The maximum atomic E-state index is 14.3. The highest BCUT2D eigenvalue weighted by Gasteiger charge is 2.24. The lowest BCUT2D eigenvalue weighted by Crippen LogP contribution is -2.23. The van der Waals surface area contributed by atoms with Gasteiger partial charge in [0.15, 0.2) is 5.65 Å². The fourth-order valence-corrected chi connectivity index (χ4v) is 4.85. The van der Waals surface area contributed by atoms with Crippen molar-refractivity contribution in [2.75, 3.05) is 10.6 Å². The van der Waals surface area contributed by atoms with Crippen molar-refractivity contribution < 1.29 is 9.18 Å². The summed E-state index contributed by atoms with van der Waals surface area (Å²) in [6.07, 6.45) is 13.8. The van der Waals surface area contributed by atoms with Gasteiger partial charge >= 0.3 is 0 Å². The molecule has 5 rings (SSSR count). The van der Waals surface area contributed by atoms with Crippen molar-refractivity contribution in [1.82, 2.24) is 19.5 Å². The molecule has 0 unspecified atom stereocenters. The summed E-state index contributed by atoms with van der Waals surface area (Å²) in [4.78, 5) is 23.4. The monoisotopic (exact) mass is 467 g/mol. The van der Waals surface area contributed by atoms with Crippen LogP contribution in [0.25, 0.3) is 11.2 Å². The Balaban J connectivity index is 0.000000636. The number of anilines is 3. The quantitative estimate of drug-likeness (QED) is 0.460. The third-order valence-electron chi connectivity index (χ3n) is 6.43. The molecule has 34 heavy (non-hydrogen) atoms. The molecule has 3 aromatic rings. The molecule has 2 aliphatic rings. The van der Waals surface area contributed by atoms with Crippen LogP contribution in [0.15, 0.2) is 30.5 Å². The minimum atomic E-state index is -0.333. The molecule has 0 spiro atoms. The number of halogens is 1. The molecule has 0 bridgehead atoms. The first-order valence-electron chi connectivity index (χ1n) is 12.3. The topological polar surface area (TPSA) is 111 Å². The van der Waals surface area contributed by atoms with E-state index in [-0.39, 0.29) is 11.7 Å². The van der Waals surface area contributed by atoms with Crippen LogP contribution in [0.2, 0.25) is 0 Å². The molecule has 1 amide bonds. The number of hydrogen-bond donors (Lipinski definition) is 3. The number of nitrogens with zero attached hydrogens (tertiary/aromatic N) is 4. The number of amides is 1. The van der Waals surface area contributed by atoms with Gasteiger partial charge in [0.25, 0.3) is 0 Å². The number of carbonyl (C=O) groups is 1. The van der Waals surface area contributed by atoms with Gasteiger partial charge < -0.3 is 16.4 Å². The van der Waals surface area contributed by atoms with Crippen LogP contribution in [0.1, 0.15) is 77.2 Å². The molecule has 0 radical (unpaired) electrons. The zero-order chi connectivity index (χ0) is 23.9. The van der Waals surface area contributed by atoms with Crippen molar-refractivity contribution in [2.24, 2.45) is 5.73 Å². The molecular weight excluding hydrogens is 433 g/mol. The lowest BCUT2D eigenvalue weighted by Gasteiger charge is -2.25. The van der Waals surface area contributed by atoms with E-state index in [2.05, 4.69) is 25.9 Å². The molecule has 2 aromatic heterocycles. The van der Waals surface area contributed by atoms with Gasteiger partial charge in [0.1, 0.15) is 11.3 Å². The van der Waals surface area contributed by atoms with Gasteiger partial charge in [-0.25, -0.2) is 14.4 Å². The lowest BCUT2D eigenvalue weighted by atomic mass is 9.95. The summed E-state index contributed by atoms with van der Waals surface area (Å²) < 4.78 is 16.5. The summed E-state index contributed by atoms with van der Waals surface area (Å²) in [6, 6.07) is 7.47. The molecule has 2 saturated carbocycles. The smallest absolute Gasteiger partial charge is 0.224 e. The molecule has 0 atom stereocenters. The Labute approximate surface area is 199 Å². The fourth-order valence-electron chi connectivity index (χ4n) is 4.85. The van der Waals surface area contributed by atoms with Gasteiger partial charge in [-0.1, -0.05) is 50.7 Å². The summed E-state index contributed by atoms with van der Waals surface area (Å²) in [5.41, 5.74) is 6.47. The van der Waals surface area contributed by atoms with Gasteiger partial charge in [0.05, 0.1) is 11.9 Å². The number of carbonyl (C=O) groups excluding carboxylic acids is 1. The van der Waals surface area contributed by atoms with Crippen LogP contribution in [0.4, 0.5) is 22.0 Å². The van der Waals surface area contributed by atoms with E-state index >= 15 is 0 Å². The number of nitrogens with one attached hydrogen (secondary N) is 2. The molecule has 1 aromatic carbocycles. The fraction of sp³-hybridized carbons (Fsp3) is 0.520. The molecule has 0 aliphatic heterocycles. The van der Waals surface area contributed by atoms with Crippen molar-refractivity contribution in [3.05, 3.63) is 36.3 Å². The van der Waals surface area contributed by atoms with Gasteiger partial charge in [-0.15, -0.1) is 0 Å². The first kappa shape index (κ1) is 23.9. The number of para-hydroxylation sites is 1. The van der Waals surface area contributed by atoms with Gasteiger partial charge in [-0.3, -0.25) is 9.36 Å². The Kier molecular flexibility index (Phi) is 7.92.